The Balaban J connectivity index is 2.46. The third-order valence-corrected chi connectivity index (χ3v) is 3.18. The second kappa shape index (κ2) is 7.29. The first-order valence-corrected chi connectivity index (χ1v) is 6.99. The molecule has 0 saturated carbocycles. The van der Waals surface area contributed by atoms with Crippen LogP contribution in [0.3, 0.4) is 0 Å². The number of hydrogen-bond acceptors (Lipinski definition) is 4. The second-order valence-electron chi connectivity index (χ2n) is 3.90. The van der Waals surface area contributed by atoms with E-state index < -0.39 is 6.04 Å². The zero-order chi connectivity index (χ0) is 12.7. The van der Waals surface area contributed by atoms with Crippen LogP contribution in [0.4, 0.5) is 0 Å². The van der Waals surface area contributed by atoms with Crippen LogP contribution in [0, 0.1) is 0 Å². The van der Waals surface area contributed by atoms with Crippen molar-refractivity contribution in [3.05, 3.63) is 30.1 Å². The molecule has 0 saturated heterocycles. The summed E-state index contributed by atoms with van der Waals surface area (Å²) in [6, 6.07) is 3.31. The van der Waals surface area contributed by atoms with Gasteiger partial charge in [-0.3, -0.25) is 9.78 Å². The largest absolute Gasteiger partial charge is 0.348 e. The van der Waals surface area contributed by atoms with Crippen molar-refractivity contribution in [1.29, 1.82) is 0 Å². The minimum absolute atomic E-state index is 0.0363. The average Bonchev–Trinajstić information content (AvgIpc) is 2.36. The predicted octanol–water partition coefficient (Wildman–Crippen LogP) is 1.34. The van der Waals surface area contributed by atoms with Crippen molar-refractivity contribution in [2.24, 2.45) is 5.73 Å². The monoisotopic (exact) mass is 253 g/mol. The van der Waals surface area contributed by atoms with Crippen molar-refractivity contribution in [1.82, 2.24) is 10.3 Å². The van der Waals surface area contributed by atoms with Gasteiger partial charge in [-0.15, -0.1) is 0 Å². The first kappa shape index (κ1) is 14.0. The lowest BCUT2D eigenvalue weighted by molar-refractivity contribution is -0.123. The summed E-state index contributed by atoms with van der Waals surface area (Å²) in [6.07, 6.45) is 6.14. The van der Waals surface area contributed by atoms with Gasteiger partial charge in [-0.25, -0.2) is 0 Å². The van der Waals surface area contributed by atoms with Crippen molar-refractivity contribution in [3.63, 3.8) is 0 Å². The van der Waals surface area contributed by atoms with E-state index in [0.717, 1.165) is 11.3 Å². The van der Waals surface area contributed by atoms with Gasteiger partial charge in [-0.2, -0.15) is 11.8 Å². The fraction of sp³-hybridized carbons (Fsp3) is 0.500. The fourth-order valence-electron chi connectivity index (χ4n) is 1.43. The molecule has 1 heterocycles. The number of carbonyl (C=O) groups is 1. The highest BCUT2D eigenvalue weighted by molar-refractivity contribution is 7.98. The molecule has 0 aliphatic rings. The Hall–Kier alpha value is -1.07. The van der Waals surface area contributed by atoms with Gasteiger partial charge in [-0.1, -0.05) is 0 Å². The number of nitrogens with one attached hydrogen (secondary N) is 1. The van der Waals surface area contributed by atoms with Gasteiger partial charge in [0.25, 0.3) is 0 Å². The van der Waals surface area contributed by atoms with Gasteiger partial charge in [0.15, 0.2) is 0 Å². The Bertz CT molecular complexity index is 345. The normalized spacial score (nSPS) is 14.1. The molecule has 0 unspecified atom stereocenters. The van der Waals surface area contributed by atoms with Gasteiger partial charge in [0.1, 0.15) is 0 Å². The highest BCUT2D eigenvalue weighted by Crippen LogP contribution is 2.10. The molecule has 17 heavy (non-hydrogen) atoms. The summed E-state index contributed by atoms with van der Waals surface area (Å²) in [6.45, 7) is 1.94. The van der Waals surface area contributed by atoms with Crippen LogP contribution >= 0.6 is 11.8 Å². The number of rotatable bonds is 6. The molecule has 0 spiro atoms. The number of nitrogens with two attached hydrogens (primary N) is 1. The smallest absolute Gasteiger partial charge is 0.237 e. The van der Waals surface area contributed by atoms with Gasteiger partial charge in [0.2, 0.25) is 5.91 Å². The predicted molar refractivity (Wildman–Crippen MR) is 71.8 cm³/mol. The minimum Gasteiger partial charge on any atom is -0.348 e. The average molecular weight is 253 g/mol. The molecule has 94 valence electrons. The molecule has 1 amide bonds. The van der Waals surface area contributed by atoms with Crippen LogP contribution in [-0.2, 0) is 4.79 Å². The van der Waals surface area contributed by atoms with Crippen LogP contribution in [-0.4, -0.2) is 28.9 Å². The quantitative estimate of drug-likeness (QED) is 0.803. The van der Waals surface area contributed by atoms with Crippen LogP contribution in [0.2, 0.25) is 0 Å². The lowest BCUT2D eigenvalue weighted by Gasteiger charge is -2.17. The molecule has 0 radical (unpaired) electrons. The summed E-state index contributed by atoms with van der Waals surface area (Å²) in [4.78, 5) is 15.7. The van der Waals surface area contributed by atoms with Crippen LogP contribution in [0.25, 0.3) is 0 Å². The summed E-state index contributed by atoms with van der Waals surface area (Å²) in [5.74, 6) is 0.807. The molecule has 4 nitrogen and oxygen atoms in total. The zero-order valence-corrected chi connectivity index (χ0v) is 11.0. The van der Waals surface area contributed by atoms with Gasteiger partial charge >= 0.3 is 0 Å². The third-order valence-electron chi connectivity index (χ3n) is 2.53. The van der Waals surface area contributed by atoms with E-state index in [0.29, 0.717) is 6.42 Å². The number of pyridine rings is 1. The van der Waals surface area contributed by atoms with Crippen molar-refractivity contribution in [2.75, 3.05) is 12.0 Å². The number of amides is 1. The molecular weight excluding hydrogens is 234 g/mol. The Morgan fingerprint density at radius 1 is 1.53 bits per heavy atom. The maximum atomic E-state index is 11.8. The molecule has 0 aromatic carbocycles. The maximum absolute atomic E-state index is 11.8. The molecule has 0 aliphatic heterocycles. The van der Waals surface area contributed by atoms with Crippen molar-refractivity contribution < 1.29 is 4.79 Å². The van der Waals surface area contributed by atoms with Crippen LogP contribution in [0.15, 0.2) is 24.5 Å². The maximum Gasteiger partial charge on any atom is 0.237 e. The molecule has 1 aromatic heterocycles. The number of thioether (sulfide) groups is 1. The summed E-state index contributed by atoms with van der Waals surface area (Å²) < 4.78 is 0. The van der Waals surface area contributed by atoms with Gasteiger partial charge in [0.05, 0.1) is 12.1 Å². The Morgan fingerprint density at radius 3 is 2.76 bits per heavy atom. The third kappa shape index (κ3) is 4.75. The summed E-state index contributed by atoms with van der Waals surface area (Å²) in [7, 11) is 0. The number of hydrogen-bond donors (Lipinski definition) is 2. The molecule has 1 aromatic rings. The lowest BCUT2D eigenvalue weighted by atomic mass is 10.1. The highest BCUT2D eigenvalue weighted by Gasteiger charge is 2.15. The lowest BCUT2D eigenvalue weighted by Crippen LogP contribution is -2.41. The van der Waals surface area contributed by atoms with Crippen molar-refractivity contribution >= 4 is 17.7 Å². The Kier molecular flexibility index (Phi) is 6.00. The second-order valence-corrected chi connectivity index (χ2v) is 4.88. The van der Waals surface area contributed by atoms with Crippen LogP contribution in [0.1, 0.15) is 24.9 Å². The molecular formula is C12H19N3OS. The first-order chi connectivity index (χ1) is 8.15. The highest BCUT2D eigenvalue weighted by atomic mass is 32.2. The standard InChI is InChI=1S/C12H19N3OS/c1-9(10-3-6-14-7-4-10)15-12(16)11(13)5-8-17-2/h3-4,6-7,9,11H,5,8,13H2,1-2H3,(H,15,16)/t9-,11+/m0/s1. The molecule has 2 atom stereocenters. The zero-order valence-electron chi connectivity index (χ0n) is 10.2. The summed E-state index contributed by atoms with van der Waals surface area (Å²) in [5, 5.41) is 2.90. The number of carbonyl (C=O) groups excluding carboxylic acids is 1. The molecule has 0 fully saturated rings. The van der Waals surface area contributed by atoms with Gasteiger partial charge in [0, 0.05) is 12.4 Å². The van der Waals surface area contributed by atoms with Crippen LogP contribution in [0.5, 0.6) is 0 Å². The van der Waals surface area contributed by atoms with E-state index in [1.807, 2.05) is 25.3 Å². The van der Waals surface area contributed by atoms with E-state index in [2.05, 4.69) is 10.3 Å². The van der Waals surface area contributed by atoms with Crippen molar-refractivity contribution in [3.8, 4) is 0 Å². The van der Waals surface area contributed by atoms with E-state index in [-0.39, 0.29) is 11.9 Å². The molecule has 0 bridgehead atoms. The Labute approximate surface area is 106 Å². The van der Waals surface area contributed by atoms with Crippen molar-refractivity contribution in [2.45, 2.75) is 25.4 Å². The Morgan fingerprint density at radius 2 is 2.18 bits per heavy atom. The van der Waals surface area contributed by atoms with Gasteiger partial charge in [-0.05, 0) is 43.0 Å². The first-order valence-electron chi connectivity index (χ1n) is 5.60. The SMILES string of the molecule is CSCC[C@@H](N)C(=O)N[C@@H](C)c1ccncc1. The molecule has 3 N–H and O–H groups in total. The summed E-state index contributed by atoms with van der Waals surface area (Å²) in [5.41, 5.74) is 6.82. The molecule has 5 heteroatoms. The van der Waals surface area contributed by atoms with Crippen LogP contribution < -0.4 is 11.1 Å². The fourth-order valence-corrected chi connectivity index (χ4v) is 1.92. The number of nitrogens with zero attached hydrogens (tertiary/aromatic N) is 1. The minimum atomic E-state index is -0.424. The van der Waals surface area contributed by atoms with Gasteiger partial charge < -0.3 is 11.1 Å². The van der Waals surface area contributed by atoms with E-state index in [9.17, 15) is 4.79 Å². The van der Waals surface area contributed by atoms with E-state index in [1.54, 1.807) is 24.2 Å². The van der Waals surface area contributed by atoms with E-state index in [4.69, 9.17) is 5.73 Å². The molecule has 0 aliphatic carbocycles. The van der Waals surface area contributed by atoms with E-state index in [1.165, 1.54) is 0 Å². The van der Waals surface area contributed by atoms with E-state index >= 15 is 0 Å². The molecule has 1 rings (SSSR count). The topological polar surface area (TPSA) is 68.0 Å². The summed E-state index contributed by atoms with van der Waals surface area (Å²) >= 11 is 1.69. The number of aromatic nitrogens is 1.